The summed E-state index contributed by atoms with van der Waals surface area (Å²) in [5.41, 5.74) is 4.15. The highest BCUT2D eigenvalue weighted by Crippen LogP contribution is 2.24. The van der Waals surface area contributed by atoms with Crippen molar-refractivity contribution in [2.45, 2.75) is 24.3 Å². The lowest BCUT2D eigenvalue weighted by Crippen LogP contribution is -2.36. The molecule has 1 atom stereocenters. The normalized spacial score (nSPS) is 24.2. The number of nitrogens with zero attached hydrogens (tertiary/aromatic N) is 2. The standard InChI is InChI=1S/C15H17BrN2/c16-15-7-6-13-11-18(9-8-14(13)17-15)10-12-4-2-1-3-5-12/h1-6,15H,7-11H2. The van der Waals surface area contributed by atoms with Crippen molar-refractivity contribution in [2.24, 2.45) is 4.99 Å². The third-order valence-electron chi connectivity index (χ3n) is 3.53. The Balaban J connectivity index is 1.67. The number of fused-ring (bicyclic) bond motifs is 1. The maximum atomic E-state index is 4.68. The summed E-state index contributed by atoms with van der Waals surface area (Å²) in [5, 5.41) is 0. The lowest BCUT2D eigenvalue weighted by atomic mass is 9.98. The Bertz CT molecular complexity index is 479. The molecule has 0 aromatic heterocycles. The van der Waals surface area contributed by atoms with Crippen LogP contribution in [0.3, 0.4) is 0 Å². The van der Waals surface area contributed by atoms with E-state index in [9.17, 15) is 0 Å². The third kappa shape index (κ3) is 2.73. The fourth-order valence-corrected chi connectivity index (χ4v) is 3.04. The van der Waals surface area contributed by atoms with E-state index in [0.717, 1.165) is 32.5 Å². The Morgan fingerprint density at radius 1 is 1.28 bits per heavy atom. The lowest BCUT2D eigenvalue weighted by molar-refractivity contribution is 0.288. The average molecular weight is 305 g/mol. The van der Waals surface area contributed by atoms with E-state index in [-0.39, 0.29) is 0 Å². The number of rotatable bonds is 2. The van der Waals surface area contributed by atoms with E-state index in [0.29, 0.717) is 4.95 Å². The van der Waals surface area contributed by atoms with Crippen LogP contribution in [0, 0.1) is 0 Å². The molecular formula is C15H17BrN2. The SMILES string of the molecule is BrC1CC=C2CN(Cc3ccccc3)CCC2=N1. The summed E-state index contributed by atoms with van der Waals surface area (Å²) in [6.07, 6.45) is 4.46. The predicted molar refractivity (Wildman–Crippen MR) is 79.2 cm³/mol. The number of alkyl halides is 1. The van der Waals surface area contributed by atoms with Gasteiger partial charge < -0.3 is 0 Å². The van der Waals surface area contributed by atoms with Gasteiger partial charge in [0.25, 0.3) is 0 Å². The minimum absolute atomic E-state index is 0.303. The Kier molecular flexibility index (Phi) is 3.62. The van der Waals surface area contributed by atoms with Crippen molar-refractivity contribution in [2.75, 3.05) is 13.1 Å². The Labute approximate surface area is 117 Å². The molecule has 0 N–H and O–H groups in total. The summed E-state index contributed by atoms with van der Waals surface area (Å²) in [5.74, 6) is 0. The molecule has 3 rings (SSSR count). The quantitative estimate of drug-likeness (QED) is 0.604. The molecule has 0 saturated carbocycles. The number of likely N-dealkylation sites (tertiary alicyclic amines) is 1. The van der Waals surface area contributed by atoms with Gasteiger partial charge >= 0.3 is 0 Å². The highest BCUT2D eigenvalue weighted by molar-refractivity contribution is 9.09. The zero-order chi connectivity index (χ0) is 12.4. The molecule has 0 aliphatic carbocycles. The van der Waals surface area contributed by atoms with Crippen molar-refractivity contribution >= 4 is 21.6 Å². The molecule has 1 unspecified atom stereocenters. The molecule has 2 heterocycles. The summed E-state index contributed by atoms with van der Waals surface area (Å²) >= 11 is 3.57. The lowest BCUT2D eigenvalue weighted by Gasteiger charge is -2.32. The monoisotopic (exact) mass is 304 g/mol. The average Bonchev–Trinajstić information content (AvgIpc) is 2.40. The third-order valence-corrected chi connectivity index (χ3v) is 4.11. The second-order valence-electron chi connectivity index (χ2n) is 4.92. The van der Waals surface area contributed by atoms with Crippen molar-refractivity contribution in [1.82, 2.24) is 4.90 Å². The van der Waals surface area contributed by atoms with E-state index in [4.69, 9.17) is 0 Å². The van der Waals surface area contributed by atoms with Crippen LogP contribution in [-0.2, 0) is 6.54 Å². The van der Waals surface area contributed by atoms with Crippen LogP contribution in [0.15, 0.2) is 47.0 Å². The van der Waals surface area contributed by atoms with Gasteiger partial charge in [-0.2, -0.15) is 0 Å². The smallest absolute Gasteiger partial charge is 0.108 e. The molecular weight excluding hydrogens is 288 g/mol. The molecule has 94 valence electrons. The highest BCUT2D eigenvalue weighted by Gasteiger charge is 2.22. The van der Waals surface area contributed by atoms with Crippen LogP contribution < -0.4 is 0 Å². The van der Waals surface area contributed by atoms with Gasteiger partial charge in [0.1, 0.15) is 4.95 Å². The minimum Gasteiger partial charge on any atom is -0.294 e. The van der Waals surface area contributed by atoms with Gasteiger partial charge in [0, 0.05) is 31.8 Å². The summed E-state index contributed by atoms with van der Waals surface area (Å²) in [4.78, 5) is 7.50. The molecule has 18 heavy (non-hydrogen) atoms. The van der Waals surface area contributed by atoms with E-state index >= 15 is 0 Å². The molecule has 2 nitrogen and oxygen atoms in total. The van der Waals surface area contributed by atoms with Crippen molar-refractivity contribution in [1.29, 1.82) is 0 Å². The van der Waals surface area contributed by atoms with Gasteiger partial charge in [-0.05, 0) is 17.6 Å². The van der Waals surface area contributed by atoms with Gasteiger partial charge in [0.05, 0.1) is 0 Å². The molecule has 0 amide bonds. The van der Waals surface area contributed by atoms with Gasteiger partial charge in [-0.1, -0.05) is 52.3 Å². The van der Waals surface area contributed by atoms with Gasteiger partial charge in [-0.25, -0.2) is 0 Å². The predicted octanol–water partition coefficient (Wildman–Crippen LogP) is 3.38. The number of hydrogen-bond donors (Lipinski definition) is 0. The minimum atomic E-state index is 0.303. The summed E-state index contributed by atoms with van der Waals surface area (Å²) in [6.45, 7) is 3.21. The van der Waals surface area contributed by atoms with Crippen molar-refractivity contribution in [3.63, 3.8) is 0 Å². The fourth-order valence-electron chi connectivity index (χ4n) is 2.60. The molecule has 2 aliphatic heterocycles. The van der Waals surface area contributed by atoms with Gasteiger partial charge in [-0.15, -0.1) is 0 Å². The van der Waals surface area contributed by atoms with Crippen LogP contribution in [0.25, 0.3) is 0 Å². The van der Waals surface area contributed by atoms with Gasteiger partial charge in [-0.3, -0.25) is 9.89 Å². The molecule has 1 aromatic rings. The first-order valence-corrected chi connectivity index (χ1v) is 7.39. The van der Waals surface area contributed by atoms with Crippen LogP contribution in [0.4, 0.5) is 0 Å². The van der Waals surface area contributed by atoms with Crippen LogP contribution in [0.2, 0.25) is 0 Å². The highest BCUT2D eigenvalue weighted by atomic mass is 79.9. The van der Waals surface area contributed by atoms with E-state index in [1.807, 2.05) is 0 Å². The van der Waals surface area contributed by atoms with E-state index in [2.05, 4.69) is 62.2 Å². The number of benzene rings is 1. The van der Waals surface area contributed by atoms with Crippen LogP contribution in [-0.4, -0.2) is 28.7 Å². The van der Waals surface area contributed by atoms with Crippen LogP contribution in [0.1, 0.15) is 18.4 Å². The summed E-state index contributed by atoms with van der Waals surface area (Å²) < 4.78 is 0. The Morgan fingerprint density at radius 3 is 2.94 bits per heavy atom. The molecule has 1 aromatic carbocycles. The number of dihydropyridines is 1. The molecule has 2 aliphatic rings. The van der Waals surface area contributed by atoms with Crippen molar-refractivity contribution in [3.05, 3.63) is 47.5 Å². The van der Waals surface area contributed by atoms with Crippen molar-refractivity contribution < 1.29 is 0 Å². The maximum absolute atomic E-state index is 4.68. The number of hydrogen-bond acceptors (Lipinski definition) is 2. The van der Waals surface area contributed by atoms with E-state index in [1.54, 1.807) is 0 Å². The molecule has 0 radical (unpaired) electrons. The van der Waals surface area contributed by atoms with Gasteiger partial charge in [0.15, 0.2) is 0 Å². The summed E-state index contributed by atoms with van der Waals surface area (Å²) in [7, 11) is 0. The maximum Gasteiger partial charge on any atom is 0.108 e. The number of halogens is 1. The topological polar surface area (TPSA) is 15.6 Å². The molecule has 3 heteroatoms. The summed E-state index contributed by atoms with van der Waals surface area (Å²) in [6, 6.07) is 10.7. The molecule has 0 spiro atoms. The van der Waals surface area contributed by atoms with Crippen LogP contribution in [0.5, 0.6) is 0 Å². The van der Waals surface area contributed by atoms with Crippen molar-refractivity contribution in [3.8, 4) is 0 Å². The first-order valence-electron chi connectivity index (χ1n) is 6.48. The molecule has 0 bridgehead atoms. The second kappa shape index (κ2) is 5.37. The molecule has 1 fully saturated rings. The first kappa shape index (κ1) is 12.1. The number of aliphatic imine (C=N–C) groups is 1. The Morgan fingerprint density at radius 2 is 2.11 bits per heavy atom. The largest absolute Gasteiger partial charge is 0.294 e. The first-order chi connectivity index (χ1) is 8.81. The van der Waals surface area contributed by atoms with Gasteiger partial charge in [0.2, 0.25) is 0 Å². The molecule has 1 saturated heterocycles. The van der Waals surface area contributed by atoms with E-state index in [1.165, 1.54) is 16.8 Å². The van der Waals surface area contributed by atoms with E-state index < -0.39 is 0 Å². The zero-order valence-corrected chi connectivity index (χ0v) is 11.9. The second-order valence-corrected chi connectivity index (χ2v) is 5.98. The fraction of sp³-hybridized carbons (Fsp3) is 0.400. The van der Waals surface area contributed by atoms with Crippen LogP contribution >= 0.6 is 15.9 Å². The zero-order valence-electron chi connectivity index (χ0n) is 10.3. The number of piperidine rings is 1. The Hall–Kier alpha value is -0.930.